The van der Waals surface area contributed by atoms with Crippen LogP contribution in [0, 0.1) is 5.82 Å². The Labute approximate surface area is 177 Å². The minimum atomic E-state index is -0.836. The molecule has 3 heterocycles. The zero-order chi connectivity index (χ0) is 21.1. The molecule has 0 spiro atoms. The average molecular weight is 428 g/mol. The van der Waals surface area contributed by atoms with Gasteiger partial charge in [-0.2, -0.15) is 0 Å². The fraction of sp³-hybridized carbons (Fsp3) is 0.318. The number of halogens is 1. The lowest BCUT2D eigenvalue weighted by molar-refractivity contribution is -0.159. The first-order chi connectivity index (χ1) is 14.5. The number of amides is 1. The minimum absolute atomic E-state index is 0.0513. The van der Waals surface area contributed by atoms with Gasteiger partial charge in [-0.05, 0) is 54.6 Å². The molecule has 156 valence electrons. The van der Waals surface area contributed by atoms with Crippen LogP contribution in [0.15, 0.2) is 46.3 Å². The number of rotatable bonds is 6. The fourth-order valence-corrected chi connectivity index (χ4v) is 4.27. The molecule has 1 unspecified atom stereocenters. The quantitative estimate of drug-likeness (QED) is 0.555. The van der Waals surface area contributed by atoms with E-state index in [2.05, 4.69) is 4.98 Å². The Balaban J connectivity index is 1.26. The number of benzene rings is 1. The maximum atomic E-state index is 13.0. The number of nitrogens with zero attached hydrogens (tertiary/aromatic N) is 2. The molecule has 0 aliphatic carbocycles. The Hall–Kier alpha value is -3.00. The Morgan fingerprint density at radius 3 is 2.90 bits per heavy atom. The lowest BCUT2D eigenvalue weighted by atomic mass is 10.1. The number of hydrogen-bond acceptors (Lipinski definition) is 6. The van der Waals surface area contributed by atoms with Gasteiger partial charge in [-0.25, -0.2) is 9.37 Å². The van der Waals surface area contributed by atoms with Gasteiger partial charge in [0.1, 0.15) is 5.82 Å². The molecule has 1 aliphatic heterocycles. The molecular weight excluding hydrogens is 407 g/mol. The maximum Gasteiger partial charge on any atom is 0.307 e. The van der Waals surface area contributed by atoms with Gasteiger partial charge in [0.2, 0.25) is 0 Å². The molecule has 0 fully saturated rings. The highest BCUT2D eigenvalue weighted by Gasteiger charge is 2.27. The summed E-state index contributed by atoms with van der Waals surface area (Å²) >= 11 is 1.71. The van der Waals surface area contributed by atoms with E-state index in [4.69, 9.17) is 9.15 Å². The fourth-order valence-electron chi connectivity index (χ4n) is 3.38. The van der Waals surface area contributed by atoms with Gasteiger partial charge in [-0.1, -0.05) is 0 Å². The van der Waals surface area contributed by atoms with Crippen LogP contribution in [-0.4, -0.2) is 34.4 Å². The molecule has 0 radical (unpaired) electrons. The van der Waals surface area contributed by atoms with Crippen LogP contribution in [0.1, 0.15) is 29.7 Å². The third-order valence-electron chi connectivity index (χ3n) is 5.00. The largest absolute Gasteiger partial charge is 0.453 e. The topological polar surface area (TPSA) is 72.6 Å². The van der Waals surface area contributed by atoms with Crippen molar-refractivity contribution in [1.29, 1.82) is 0 Å². The Bertz CT molecular complexity index is 1040. The Kier molecular flexibility index (Phi) is 5.94. The molecule has 1 amide bonds. The number of hydrogen-bond donors (Lipinski definition) is 0. The smallest absolute Gasteiger partial charge is 0.307 e. The number of aryl methyl sites for hydroxylation is 1. The van der Waals surface area contributed by atoms with Crippen LogP contribution in [-0.2, 0) is 33.7 Å². The van der Waals surface area contributed by atoms with Gasteiger partial charge in [0.15, 0.2) is 17.8 Å². The standard InChI is InChI=1S/C22H21FN2O4S/c1-14(22(27)25-10-8-19-16(13-25)9-11-30-19)28-21(26)7-6-20-24-12-18(29-20)15-2-4-17(23)5-3-15/h2-5,9,11-12,14H,6-8,10,13H2,1H3. The maximum absolute atomic E-state index is 13.0. The normalized spacial score (nSPS) is 14.3. The molecule has 1 aliphatic rings. The molecule has 6 nitrogen and oxygen atoms in total. The van der Waals surface area contributed by atoms with E-state index in [9.17, 15) is 14.0 Å². The van der Waals surface area contributed by atoms with E-state index in [1.165, 1.54) is 28.8 Å². The second kappa shape index (κ2) is 8.79. The van der Waals surface area contributed by atoms with Crippen LogP contribution in [0.5, 0.6) is 0 Å². The van der Waals surface area contributed by atoms with E-state index in [1.807, 2.05) is 11.4 Å². The Morgan fingerprint density at radius 1 is 1.30 bits per heavy atom. The summed E-state index contributed by atoms with van der Waals surface area (Å²) < 4.78 is 24.0. The van der Waals surface area contributed by atoms with E-state index >= 15 is 0 Å². The van der Waals surface area contributed by atoms with Gasteiger partial charge < -0.3 is 14.1 Å². The van der Waals surface area contributed by atoms with Crippen molar-refractivity contribution >= 4 is 23.2 Å². The number of fused-ring (bicyclic) bond motifs is 1. The summed E-state index contributed by atoms with van der Waals surface area (Å²) in [7, 11) is 0. The molecule has 4 rings (SSSR count). The second-order valence-electron chi connectivity index (χ2n) is 7.14. The van der Waals surface area contributed by atoms with E-state index in [1.54, 1.807) is 35.3 Å². The van der Waals surface area contributed by atoms with E-state index < -0.39 is 12.1 Å². The van der Waals surface area contributed by atoms with Crippen molar-refractivity contribution in [1.82, 2.24) is 9.88 Å². The average Bonchev–Trinajstić information content (AvgIpc) is 3.41. The van der Waals surface area contributed by atoms with Gasteiger partial charge >= 0.3 is 5.97 Å². The van der Waals surface area contributed by atoms with Gasteiger partial charge in [0, 0.05) is 30.0 Å². The first kappa shape index (κ1) is 20.3. The van der Waals surface area contributed by atoms with Gasteiger partial charge in [0.25, 0.3) is 5.91 Å². The Morgan fingerprint density at radius 2 is 2.10 bits per heavy atom. The van der Waals surface area contributed by atoms with Crippen molar-refractivity contribution in [3.63, 3.8) is 0 Å². The summed E-state index contributed by atoms with van der Waals surface area (Å²) in [6.07, 6.45) is 1.84. The first-order valence-corrected chi connectivity index (χ1v) is 10.6. The van der Waals surface area contributed by atoms with Crippen LogP contribution < -0.4 is 0 Å². The number of ether oxygens (including phenoxy) is 1. The SMILES string of the molecule is CC(OC(=O)CCc1ncc(-c2ccc(F)cc2)o1)C(=O)N1CCc2sccc2C1. The van der Waals surface area contributed by atoms with E-state index in [-0.39, 0.29) is 24.6 Å². The third kappa shape index (κ3) is 4.59. The number of thiophene rings is 1. The van der Waals surface area contributed by atoms with Crippen molar-refractivity contribution in [2.75, 3.05) is 6.54 Å². The number of aromatic nitrogens is 1. The van der Waals surface area contributed by atoms with Crippen LogP contribution in [0.25, 0.3) is 11.3 Å². The van der Waals surface area contributed by atoms with Crippen LogP contribution in [0.2, 0.25) is 0 Å². The molecule has 0 saturated carbocycles. The molecule has 0 bridgehead atoms. The molecule has 1 aromatic carbocycles. The zero-order valence-corrected chi connectivity index (χ0v) is 17.3. The highest BCUT2D eigenvalue weighted by Crippen LogP contribution is 2.25. The number of carbonyl (C=O) groups is 2. The summed E-state index contributed by atoms with van der Waals surface area (Å²) in [5, 5.41) is 2.03. The van der Waals surface area contributed by atoms with Crippen molar-refractivity contribution in [3.05, 3.63) is 64.1 Å². The lowest BCUT2D eigenvalue weighted by Crippen LogP contribution is -2.42. The van der Waals surface area contributed by atoms with Gasteiger partial charge in [-0.3, -0.25) is 9.59 Å². The van der Waals surface area contributed by atoms with Crippen LogP contribution in [0.4, 0.5) is 4.39 Å². The van der Waals surface area contributed by atoms with Crippen molar-refractivity contribution in [2.45, 2.75) is 38.8 Å². The molecule has 8 heteroatoms. The number of oxazole rings is 1. The highest BCUT2D eigenvalue weighted by atomic mass is 32.1. The third-order valence-corrected chi connectivity index (χ3v) is 6.02. The molecule has 2 aromatic heterocycles. The summed E-state index contributed by atoms with van der Waals surface area (Å²) in [5.41, 5.74) is 1.87. The molecular formula is C22H21FN2O4S. The van der Waals surface area contributed by atoms with E-state index in [0.29, 0.717) is 30.3 Å². The minimum Gasteiger partial charge on any atom is -0.453 e. The van der Waals surface area contributed by atoms with Crippen LogP contribution in [0.3, 0.4) is 0 Å². The predicted molar refractivity (Wildman–Crippen MR) is 109 cm³/mol. The highest BCUT2D eigenvalue weighted by molar-refractivity contribution is 7.10. The van der Waals surface area contributed by atoms with Crippen molar-refractivity contribution in [3.8, 4) is 11.3 Å². The number of esters is 1. The molecule has 30 heavy (non-hydrogen) atoms. The first-order valence-electron chi connectivity index (χ1n) is 9.74. The van der Waals surface area contributed by atoms with E-state index in [0.717, 1.165) is 6.42 Å². The number of carbonyl (C=O) groups excluding carboxylic acids is 2. The van der Waals surface area contributed by atoms with Crippen molar-refractivity contribution in [2.24, 2.45) is 0 Å². The summed E-state index contributed by atoms with van der Waals surface area (Å²) in [4.78, 5) is 32.0. The predicted octanol–water partition coefficient (Wildman–Crippen LogP) is 3.99. The molecule has 1 atom stereocenters. The lowest BCUT2D eigenvalue weighted by Gasteiger charge is -2.29. The van der Waals surface area contributed by atoms with Crippen LogP contribution >= 0.6 is 11.3 Å². The van der Waals surface area contributed by atoms with Gasteiger partial charge in [0.05, 0.1) is 12.6 Å². The second-order valence-corrected chi connectivity index (χ2v) is 8.14. The molecule has 0 N–H and O–H groups in total. The van der Waals surface area contributed by atoms with Crippen molar-refractivity contribution < 1.29 is 23.1 Å². The van der Waals surface area contributed by atoms with Gasteiger partial charge in [-0.15, -0.1) is 11.3 Å². The summed E-state index contributed by atoms with van der Waals surface area (Å²) in [6.45, 7) is 2.79. The molecule has 0 saturated heterocycles. The summed E-state index contributed by atoms with van der Waals surface area (Å²) in [6, 6.07) is 7.91. The zero-order valence-electron chi connectivity index (χ0n) is 16.5. The summed E-state index contributed by atoms with van der Waals surface area (Å²) in [5.74, 6) is -0.114. The molecule has 3 aromatic rings. The monoisotopic (exact) mass is 428 g/mol.